The molecule has 1 fully saturated rings. The summed E-state index contributed by atoms with van der Waals surface area (Å²) in [6.45, 7) is 2.76. The summed E-state index contributed by atoms with van der Waals surface area (Å²) in [4.78, 5) is 28.0. The summed E-state index contributed by atoms with van der Waals surface area (Å²) in [5.41, 5.74) is 3.13. The normalized spacial score (nSPS) is 20.1. The number of hydrogen-bond donors (Lipinski definition) is 2. The van der Waals surface area contributed by atoms with Gasteiger partial charge in [0.25, 0.3) is 5.91 Å². The van der Waals surface area contributed by atoms with Crippen LogP contribution in [0.4, 0.5) is 5.69 Å². The summed E-state index contributed by atoms with van der Waals surface area (Å²) in [6, 6.07) is 20.8. The lowest BCUT2D eigenvalue weighted by Gasteiger charge is -2.36. The van der Waals surface area contributed by atoms with Crippen LogP contribution in [0.25, 0.3) is 0 Å². The van der Waals surface area contributed by atoms with Crippen molar-refractivity contribution < 1.29 is 28.9 Å². The highest BCUT2D eigenvalue weighted by molar-refractivity contribution is 7.99. The van der Waals surface area contributed by atoms with Crippen LogP contribution < -0.4 is 5.32 Å². The molecule has 0 radical (unpaired) electrons. The highest BCUT2D eigenvalue weighted by Gasteiger charge is 2.32. The number of pyridine rings is 1. The minimum Gasteiger partial charge on any atom is -0.453 e. The number of esters is 1. The number of carbonyl (C=O) groups excluding carboxylic acids is 2. The smallest absolute Gasteiger partial charge is 0.303 e. The lowest BCUT2D eigenvalue weighted by Crippen LogP contribution is -2.31. The van der Waals surface area contributed by atoms with Crippen LogP contribution in [0.2, 0.25) is 0 Å². The highest BCUT2D eigenvalue weighted by Crippen LogP contribution is 2.39. The van der Waals surface area contributed by atoms with Crippen molar-refractivity contribution in [2.24, 2.45) is 0 Å². The number of aliphatic hydroxyl groups excluding tert-OH is 1. The van der Waals surface area contributed by atoms with Gasteiger partial charge in [-0.3, -0.25) is 9.59 Å². The summed E-state index contributed by atoms with van der Waals surface area (Å²) in [5, 5.41) is 13.1. The molecule has 1 amide bonds. The molecule has 2 aromatic carbocycles. The minimum atomic E-state index is -0.914. The number of carbonyl (C=O) groups is 2. The molecule has 0 bridgehead atoms. The zero-order valence-electron chi connectivity index (χ0n) is 20.7. The maximum absolute atomic E-state index is 12.4. The molecule has 4 atom stereocenters. The van der Waals surface area contributed by atoms with Crippen LogP contribution in [0.1, 0.15) is 49.4 Å². The summed E-state index contributed by atoms with van der Waals surface area (Å²) in [6.07, 6.45) is 0.517. The van der Waals surface area contributed by atoms with E-state index in [1.54, 1.807) is 30.1 Å². The first-order valence-electron chi connectivity index (χ1n) is 12.0. The van der Waals surface area contributed by atoms with E-state index >= 15 is 0 Å². The fraction of sp³-hybridized carbons (Fsp3) is 0.321. The van der Waals surface area contributed by atoms with Gasteiger partial charge in [-0.1, -0.05) is 42.5 Å². The molecule has 0 spiro atoms. The van der Waals surface area contributed by atoms with E-state index in [-0.39, 0.29) is 18.8 Å². The molecule has 1 aromatic heterocycles. The molecule has 3 aromatic rings. The van der Waals surface area contributed by atoms with Gasteiger partial charge in [-0.15, -0.1) is 11.8 Å². The van der Waals surface area contributed by atoms with Gasteiger partial charge in [0, 0.05) is 36.5 Å². The van der Waals surface area contributed by atoms with Crippen molar-refractivity contribution in [3.05, 3.63) is 89.6 Å². The summed E-state index contributed by atoms with van der Waals surface area (Å²) < 4.78 is 17.7. The monoisotopic (exact) mass is 522 g/mol. The van der Waals surface area contributed by atoms with Crippen molar-refractivity contribution in [2.75, 3.05) is 11.1 Å². The van der Waals surface area contributed by atoms with Crippen LogP contribution in [-0.4, -0.2) is 39.9 Å². The molecule has 1 aliphatic rings. The molecule has 1 saturated heterocycles. The number of thioether (sulfide) groups is 1. The second-order valence-corrected chi connectivity index (χ2v) is 9.74. The quantitative estimate of drug-likeness (QED) is 0.305. The Hall–Kier alpha value is -3.24. The van der Waals surface area contributed by atoms with Gasteiger partial charge in [0.2, 0.25) is 0 Å². The topological polar surface area (TPSA) is 107 Å². The molecule has 0 saturated carbocycles. The zero-order chi connectivity index (χ0) is 26.2. The zero-order valence-corrected chi connectivity index (χ0v) is 21.5. The second-order valence-electron chi connectivity index (χ2n) is 8.70. The molecule has 4 rings (SSSR count). The average molecular weight is 523 g/mol. The Labute approximate surface area is 220 Å². The first-order chi connectivity index (χ1) is 17.9. The average Bonchev–Trinajstić information content (AvgIpc) is 2.92. The molecule has 8 nitrogen and oxygen atoms in total. The van der Waals surface area contributed by atoms with Crippen molar-refractivity contribution in [1.29, 1.82) is 0 Å². The Morgan fingerprint density at radius 2 is 1.92 bits per heavy atom. The molecule has 194 valence electrons. The van der Waals surface area contributed by atoms with Crippen LogP contribution in [0, 0.1) is 0 Å². The van der Waals surface area contributed by atoms with Crippen molar-refractivity contribution >= 4 is 29.3 Å². The molecule has 0 aliphatic carbocycles. The van der Waals surface area contributed by atoms with Crippen molar-refractivity contribution in [1.82, 2.24) is 4.98 Å². The van der Waals surface area contributed by atoms with E-state index in [4.69, 9.17) is 14.2 Å². The number of ether oxygens (including phenoxy) is 3. The third kappa shape index (κ3) is 7.62. The number of benzene rings is 2. The highest BCUT2D eigenvalue weighted by atomic mass is 32.2. The summed E-state index contributed by atoms with van der Waals surface area (Å²) >= 11 is 1.62. The summed E-state index contributed by atoms with van der Waals surface area (Å²) in [5.74, 6) is -0.254. The van der Waals surface area contributed by atoms with Crippen LogP contribution in [-0.2, 0) is 30.4 Å². The maximum Gasteiger partial charge on any atom is 0.303 e. The van der Waals surface area contributed by atoms with Gasteiger partial charge in [-0.25, -0.2) is 4.98 Å². The molecule has 2 heterocycles. The van der Waals surface area contributed by atoms with Crippen LogP contribution in [0.3, 0.4) is 0 Å². The minimum absolute atomic E-state index is 0.0184. The fourth-order valence-electron chi connectivity index (χ4n) is 3.94. The van der Waals surface area contributed by atoms with E-state index in [9.17, 15) is 14.7 Å². The van der Waals surface area contributed by atoms with Crippen molar-refractivity contribution in [3.8, 4) is 0 Å². The van der Waals surface area contributed by atoms with E-state index in [0.717, 1.165) is 21.7 Å². The van der Waals surface area contributed by atoms with Gasteiger partial charge in [0.05, 0.1) is 23.8 Å². The SMILES string of the molecule is CC(=O)OC(C)C(=O)Nc1cccc(C2OC(CSc3ccccn3)CC(c3ccc(CO)cc3)O2)c1. The number of aromatic nitrogens is 1. The number of anilines is 1. The number of rotatable bonds is 9. The van der Waals surface area contributed by atoms with E-state index < -0.39 is 24.3 Å². The predicted octanol–water partition coefficient (Wildman–Crippen LogP) is 4.80. The van der Waals surface area contributed by atoms with E-state index in [1.165, 1.54) is 13.8 Å². The lowest BCUT2D eigenvalue weighted by atomic mass is 10.0. The van der Waals surface area contributed by atoms with Gasteiger partial charge in [-0.05, 0) is 42.3 Å². The van der Waals surface area contributed by atoms with E-state index in [2.05, 4.69) is 10.3 Å². The van der Waals surface area contributed by atoms with Crippen molar-refractivity contribution in [2.45, 2.75) is 56.5 Å². The third-order valence-corrected chi connectivity index (χ3v) is 6.88. The largest absolute Gasteiger partial charge is 0.453 e. The van der Waals surface area contributed by atoms with E-state index in [1.807, 2.05) is 54.6 Å². The molecule has 4 unspecified atom stereocenters. The second kappa shape index (κ2) is 12.8. The Bertz CT molecular complexity index is 1190. The predicted molar refractivity (Wildman–Crippen MR) is 140 cm³/mol. The molecular formula is C28H30N2O6S. The standard InChI is InChI=1S/C28H30N2O6S/c1-18(34-19(2)32)27(33)30-23-7-5-6-22(14-23)28-35-24(17-37-26-8-3-4-13-29-26)15-25(36-28)21-11-9-20(16-31)10-12-21/h3-14,18,24-25,28,31H,15-17H2,1-2H3,(H,30,33). The Morgan fingerprint density at radius 1 is 1.11 bits per heavy atom. The molecule has 37 heavy (non-hydrogen) atoms. The Morgan fingerprint density at radius 3 is 2.62 bits per heavy atom. The molecular weight excluding hydrogens is 492 g/mol. The number of nitrogens with one attached hydrogen (secondary N) is 1. The van der Waals surface area contributed by atoms with Gasteiger partial charge < -0.3 is 24.6 Å². The maximum atomic E-state index is 12.4. The first-order valence-corrected chi connectivity index (χ1v) is 13.0. The van der Waals surface area contributed by atoms with Crippen LogP contribution in [0.5, 0.6) is 0 Å². The van der Waals surface area contributed by atoms with Crippen molar-refractivity contribution in [3.63, 3.8) is 0 Å². The number of aliphatic hydroxyl groups is 1. The first kappa shape index (κ1) is 26.8. The molecule has 1 aliphatic heterocycles. The lowest BCUT2D eigenvalue weighted by molar-refractivity contribution is -0.245. The number of hydrogen-bond acceptors (Lipinski definition) is 8. The van der Waals surface area contributed by atoms with Gasteiger partial charge in [0.15, 0.2) is 12.4 Å². The fourth-order valence-corrected chi connectivity index (χ4v) is 4.82. The number of nitrogens with zero attached hydrogens (tertiary/aromatic N) is 1. The molecule has 2 N–H and O–H groups in total. The van der Waals surface area contributed by atoms with Gasteiger partial charge >= 0.3 is 5.97 Å². The van der Waals surface area contributed by atoms with Gasteiger partial charge in [0.1, 0.15) is 0 Å². The molecule has 9 heteroatoms. The number of amides is 1. The van der Waals surface area contributed by atoms with Gasteiger partial charge in [-0.2, -0.15) is 0 Å². The Kier molecular flexibility index (Phi) is 9.29. The van der Waals surface area contributed by atoms with E-state index in [0.29, 0.717) is 17.9 Å². The van der Waals surface area contributed by atoms with Crippen LogP contribution in [0.15, 0.2) is 78.0 Å². The van der Waals surface area contributed by atoms with Crippen LogP contribution >= 0.6 is 11.8 Å². The Balaban J connectivity index is 1.51. The third-order valence-electron chi connectivity index (χ3n) is 5.81. The summed E-state index contributed by atoms with van der Waals surface area (Å²) in [7, 11) is 0.